The minimum atomic E-state index is -0.209. The molecule has 1 aromatic carbocycles. The monoisotopic (exact) mass is 334 g/mol. The minimum absolute atomic E-state index is 0.102. The van der Waals surface area contributed by atoms with Gasteiger partial charge in [-0.15, -0.1) is 0 Å². The second-order valence-corrected chi connectivity index (χ2v) is 5.84. The lowest BCUT2D eigenvalue weighted by molar-refractivity contribution is -0.134. The van der Waals surface area contributed by atoms with E-state index < -0.39 is 0 Å². The molecule has 1 rings (SSSR count). The highest BCUT2D eigenvalue weighted by molar-refractivity contribution is 5.73. The van der Waals surface area contributed by atoms with Gasteiger partial charge in [-0.25, -0.2) is 4.79 Å². The molecule has 0 unspecified atom stereocenters. The van der Waals surface area contributed by atoms with Crippen molar-refractivity contribution < 1.29 is 14.3 Å². The van der Waals surface area contributed by atoms with Gasteiger partial charge in [0.25, 0.3) is 0 Å². The Morgan fingerprint density at radius 1 is 0.875 bits per heavy atom. The van der Waals surface area contributed by atoms with E-state index in [1.165, 1.54) is 12.8 Å². The van der Waals surface area contributed by atoms with Crippen LogP contribution in [0, 0.1) is 0 Å². The van der Waals surface area contributed by atoms with Gasteiger partial charge in [-0.1, -0.05) is 50.8 Å². The highest BCUT2D eigenvalue weighted by atomic mass is 16.5. The van der Waals surface area contributed by atoms with Gasteiger partial charge in [-0.05, 0) is 31.4 Å². The summed E-state index contributed by atoms with van der Waals surface area (Å²) in [5, 5.41) is 5.69. The van der Waals surface area contributed by atoms with Crippen LogP contribution in [0.2, 0.25) is 0 Å². The van der Waals surface area contributed by atoms with Crippen LogP contribution in [0.1, 0.15) is 58.3 Å². The molecule has 2 N–H and O–H groups in total. The summed E-state index contributed by atoms with van der Waals surface area (Å²) in [6.07, 6.45) is 7.54. The van der Waals surface area contributed by atoms with Gasteiger partial charge in [0.15, 0.2) is 0 Å². The molecule has 5 nitrogen and oxygen atoms in total. The standard InChI is InChI=1S/C19H30N2O3/c1-2-3-4-10-15-20-19(23)21-16-11-6-9-14-18(22)24-17-12-7-5-8-13-17/h5,7-8,12-13H,2-4,6,9-11,14-16H2,1H3,(H2,20,21,23). The fraction of sp³-hybridized carbons (Fsp3) is 0.579. The maximum Gasteiger partial charge on any atom is 0.314 e. The second kappa shape index (κ2) is 13.4. The summed E-state index contributed by atoms with van der Waals surface area (Å²) in [7, 11) is 0. The number of carbonyl (C=O) groups excluding carboxylic acids is 2. The number of ether oxygens (including phenoxy) is 1. The van der Waals surface area contributed by atoms with Crippen molar-refractivity contribution in [3.63, 3.8) is 0 Å². The largest absolute Gasteiger partial charge is 0.427 e. The maximum absolute atomic E-state index is 11.6. The maximum atomic E-state index is 11.6. The number of esters is 1. The van der Waals surface area contributed by atoms with Gasteiger partial charge in [-0.2, -0.15) is 0 Å². The zero-order valence-corrected chi connectivity index (χ0v) is 14.7. The van der Waals surface area contributed by atoms with Gasteiger partial charge in [0, 0.05) is 19.5 Å². The third-order valence-electron chi connectivity index (χ3n) is 3.63. The molecule has 0 aliphatic rings. The molecule has 0 aliphatic heterocycles. The van der Waals surface area contributed by atoms with E-state index in [2.05, 4.69) is 17.6 Å². The zero-order valence-electron chi connectivity index (χ0n) is 14.7. The molecule has 0 heterocycles. The predicted octanol–water partition coefficient (Wildman–Crippen LogP) is 4.03. The number of amides is 2. The van der Waals surface area contributed by atoms with Gasteiger partial charge >= 0.3 is 12.0 Å². The molecule has 0 atom stereocenters. The van der Waals surface area contributed by atoms with Gasteiger partial charge in [0.1, 0.15) is 5.75 Å². The Labute approximate surface area is 145 Å². The highest BCUT2D eigenvalue weighted by Crippen LogP contribution is 2.10. The van der Waals surface area contributed by atoms with Gasteiger partial charge in [0.2, 0.25) is 0 Å². The molecule has 0 aromatic heterocycles. The van der Waals surface area contributed by atoms with E-state index in [0.29, 0.717) is 18.7 Å². The first-order valence-corrected chi connectivity index (χ1v) is 8.99. The van der Waals surface area contributed by atoms with E-state index in [1.54, 1.807) is 12.1 Å². The van der Waals surface area contributed by atoms with Crippen LogP contribution in [0.3, 0.4) is 0 Å². The second-order valence-electron chi connectivity index (χ2n) is 5.84. The van der Waals surface area contributed by atoms with E-state index in [4.69, 9.17) is 4.74 Å². The Morgan fingerprint density at radius 3 is 2.12 bits per heavy atom. The number of urea groups is 1. The molecule has 0 fully saturated rings. The van der Waals surface area contributed by atoms with E-state index in [0.717, 1.165) is 38.6 Å². The summed E-state index contributed by atoms with van der Waals surface area (Å²) in [6, 6.07) is 8.98. The first-order chi connectivity index (χ1) is 11.7. The van der Waals surface area contributed by atoms with Crippen LogP contribution in [-0.2, 0) is 4.79 Å². The van der Waals surface area contributed by atoms with Crippen molar-refractivity contribution in [2.45, 2.75) is 58.3 Å². The molecule has 1 aromatic rings. The van der Waals surface area contributed by atoms with Crippen LogP contribution in [0.15, 0.2) is 30.3 Å². The normalized spacial score (nSPS) is 10.2. The Morgan fingerprint density at radius 2 is 1.50 bits per heavy atom. The van der Waals surface area contributed by atoms with Crippen molar-refractivity contribution in [3.8, 4) is 5.75 Å². The molecular formula is C19H30N2O3. The molecule has 5 heteroatoms. The van der Waals surface area contributed by atoms with Crippen LogP contribution >= 0.6 is 0 Å². The molecule has 2 amide bonds. The van der Waals surface area contributed by atoms with Crippen molar-refractivity contribution in [2.24, 2.45) is 0 Å². The fourth-order valence-corrected chi connectivity index (χ4v) is 2.26. The van der Waals surface area contributed by atoms with Gasteiger partial charge < -0.3 is 15.4 Å². The first kappa shape index (κ1) is 20.0. The summed E-state index contributed by atoms with van der Waals surface area (Å²) in [5.41, 5.74) is 0. The minimum Gasteiger partial charge on any atom is -0.427 e. The van der Waals surface area contributed by atoms with E-state index in [1.807, 2.05) is 18.2 Å². The average molecular weight is 334 g/mol. The van der Waals surface area contributed by atoms with Crippen molar-refractivity contribution >= 4 is 12.0 Å². The predicted molar refractivity (Wildman–Crippen MR) is 96.1 cm³/mol. The lowest BCUT2D eigenvalue weighted by Crippen LogP contribution is -2.36. The smallest absolute Gasteiger partial charge is 0.314 e. The molecule has 0 spiro atoms. The number of hydrogen-bond acceptors (Lipinski definition) is 3. The van der Waals surface area contributed by atoms with E-state index in [9.17, 15) is 9.59 Å². The topological polar surface area (TPSA) is 67.4 Å². The number of hydrogen-bond donors (Lipinski definition) is 2. The van der Waals surface area contributed by atoms with Crippen molar-refractivity contribution in [2.75, 3.05) is 13.1 Å². The molecule has 0 aliphatic carbocycles. The van der Waals surface area contributed by atoms with Crippen LogP contribution in [0.4, 0.5) is 4.79 Å². The van der Waals surface area contributed by atoms with Crippen LogP contribution in [0.25, 0.3) is 0 Å². The lowest BCUT2D eigenvalue weighted by atomic mass is 10.2. The number of benzene rings is 1. The molecule has 0 bridgehead atoms. The Kier molecular flexibility index (Phi) is 11.2. The molecule has 0 saturated carbocycles. The number of unbranched alkanes of at least 4 members (excludes halogenated alkanes) is 5. The van der Waals surface area contributed by atoms with Gasteiger partial charge in [-0.3, -0.25) is 4.79 Å². The molecule has 24 heavy (non-hydrogen) atoms. The SMILES string of the molecule is CCCCCCNC(=O)NCCCCCC(=O)Oc1ccccc1. The lowest BCUT2D eigenvalue weighted by Gasteiger charge is -2.07. The molecule has 134 valence electrons. The van der Waals surface area contributed by atoms with Crippen molar-refractivity contribution in [3.05, 3.63) is 30.3 Å². The number of carbonyl (C=O) groups is 2. The van der Waals surface area contributed by atoms with Crippen LogP contribution < -0.4 is 15.4 Å². The average Bonchev–Trinajstić information content (AvgIpc) is 2.58. The summed E-state index contributed by atoms with van der Waals surface area (Å²) < 4.78 is 5.21. The third-order valence-corrected chi connectivity index (χ3v) is 3.63. The third kappa shape index (κ3) is 10.6. The van der Waals surface area contributed by atoms with Crippen molar-refractivity contribution in [1.29, 1.82) is 0 Å². The summed E-state index contributed by atoms with van der Waals surface area (Å²) in [4.78, 5) is 23.2. The van der Waals surface area contributed by atoms with Gasteiger partial charge in [0.05, 0.1) is 0 Å². The molecular weight excluding hydrogens is 304 g/mol. The highest BCUT2D eigenvalue weighted by Gasteiger charge is 2.04. The Hall–Kier alpha value is -2.04. The fourth-order valence-electron chi connectivity index (χ4n) is 2.26. The molecule has 0 radical (unpaired) electrons. The number of rotatable bonds is 12. The van der Waals surface area contributed by atoms with E-state index in [-0.39, 0.29) is 12.0 Å². The molecule has 0 saturated heterocycles. The van der Waals surface area contributed by atoms with Crippen LogP contribution in [0.5, 0.6) is 5.75 Å². The van der Waals surface area contributed by atoms with E-state index >= 15 is 0 Å². The van der Waals surface area contributed by atoms with Crippen molar-refractivity contribution in [1.82, 2.24) is 10.6 Å². The first-order valence-electron chi connectivity index (χ1n) is 8.99. The number of nitrogens with one attached hydrogen (secondary N) is 2. The summed E-state index contributed by atoms with van der Waals surface area (Å²) in [6.45, 7) is 3.53. The summed E-state index contributed by atoms with van der Waals surface area (Å²) in [5.74, 6) is 0.374. The summed E-state index contributed by atoms with van der Waals surface area (Å²) >= 11 is 0. The Bertz CT molecular complexity index is 463. The number of para-hydroxylation sites is 1. The quantitative estimate of drug-likeness (QED) is 0.344. The Balaban J connectivity index is 1.92. The zero-order chi connectivity index (χ0) is 17.5. The van der Waals surface area contributed by atoms with Crippen LogP contribution in [-0.4, -0.2) is 25.1 Å².